The van der Waals surface area contributed by atoms with Gasteiger partial charge in [-0.2, -0.15) is 0 Å². The van der Waals surface area contributed by atoms with Crippen LogP contribution in [-0.4, -0.2) is 26.5 Å². The third-order valence-electron chi connectivity index (χ3n) is 4.74. The Morgan fingerprint density at radius 2 is 1.62 bits per heavy atom. The summed E-state index contributed by atoms with van der Waals surface area (Å²) in [4.78, 5) is 6.82. The lowest BCUT2D eigenvalue weighted by Crippen LogP contribution is -2.29. The number of piperidine rings is 1. The van der Waals surface area contributed by atoms with Gasteiger partial charge in [0.2, 0.25) is 0 Å². The number of pyridine rings is 1. The Hall–Kier alpha value is -2.08. The molecule has 6 heteroatoms. The molecule has 140 valence electrons. The van der Waals surface area contributed by atoms with Gasteiger partial charge < -0.3 is 4.90 Å². The highest BCUT2D eigenvalue weighted by Crippen LogP contribution is 2.25. The van der Waals surface area contributed by atoms with E-state index in [0.717, 1.165) is 24.3 Å². The zero-order valence-electron chi connectivity index (χ0n) is 15.7. The minimum atomic E-state index is -3.64. The van der Waals surface area contributed by atoms with Crippen LogP contribution in [0.25, 0.3) is 0 Å². The van der Waals surface area contributed by atoms with Crippen LogP contribution in [0, 0.1) is 0 Å². The highest BCUT2D eigenvalue weighted by Gasteiger charge is 2.18. The summed E-state index contributed by atoms with van der Waals surface area (Å²) < 4.78 is 27.7. The maximum atomic E-state index is 12.6. The van der Waals surface area contributed by atoms with Crippen molar-refractivity contribution in [2.75, 3.05) is 22.7 Å². The van der Waals surface area contributed by atoms with E-state index in [1.807, 2.05) is 18.2 Å². The fraction of sp³-hybridized carbons (Fsp3) is 0.450. The number of nitrogens with zero attached hydrogens (tertiary/aromatic N) is 2. The van der Waals surface area contributed by atoms with Gasteiger partial charge in [-0.1, -0.05) is 32.9 Å². The molecule has 0 aliphatic carbocycles. The Bertz CT molecular complexity index is 832. The topological polar surface area (TPSA) is 62.3 Å². The molecule has 1 N–H and O–H groups in total. The molecule has 0 atom stereocenters. The fourth-order valence-electron chi connectivity index (χ4n) is 3.12. The second-order valence-corrected chi connectivity index (χ2v) is 9.51. The van der Waals surface area contributed by atoms with E-state index in [1.54, 1.807) is 24.4 Å². The summed E-state index contributed by atoms with van der Waals surface area (Å²) in [5.74, 6) is 0.339. The summed E-state index contributed by atoms with van der Waals surface area (Å²) in [7, 11) is -3.64. The third-order valence-corrected chi connectivity index (χ3v) is 6.11. The summed E-state index contributed by atoms with van der Waals surface area (Å²) >= 11 is 0. The number of hydrogen-bond donors (Lipinski definition) is 1. The third kappa shape index (κ3) is 4.36. The Kier molecular flexibility index (Phi) is 5.23. The van der Waals surface area contributed by atoms with Gasteiger partial charge in [0.15, 0.2) is 0 Å². The molecule has 1 aliphatic heterocycles. The van der Waals surface area contributed by atoms with E-state index in [2.05, 4.69) is 35.4 Å². The van der Waals surface area contributed by atoms with Crippen molar-refractivity contribution in [1.82, 2.24) is 4.98 Å². The largest absolute Gasteiger partial charge is 0.370 e. The van der Waals surface area contributed by atoms with Crippen LogP contribution in [0.2, 0.25) is 0 Å². The van der Waals surface area contributed by atoms with Crippen LogP contribution in [0.1, 0.15) is 45.6 Å². The predicted molar refractivity (Wildman–Crippen MR) is 106 cm³/mol. The smallest absolute Gasteiger partial charge is 0.263 e. The van der Waals surface area contributed by atoms with Crippen LogP contribution < -0.4 is 9.62 Å². The van der Waals surface area contributed by atoms with Crippen molar-refractivity contribution in [3.05, 3.63) is 48.2 Å². The average Bonchev–Trinajstić information content (AvgIpc) is 2.62. The lowest BCUT2D eigenvalue weighted by atomic mass is 9.87. The van der Waals surface area contributed by atoms with E-state index >= 15 is 0 Å². The summed E-state index contributed by atoms with van der Waals surface area (Å²) in [6, 6.07) is 10.7. The van der Waals surface area contributed by atoms with Crippen molar-refractivity contribution in [3.8, 4) is 0 Å². The molecule has 2 heterocycles. The van der Waals surface area contributed by atoms with Crippen LogP contribution in [-0.2, 0) is 15.4 Å². The van der Waals surface area contributed by atoms with E-state index in [-0.39, 0.29) is 10.3 Å². The Labute approximate surface area is 156 Å². The molecule has 1 aromatic carbocycles. The van der Waals surface area contributed by atoms with Gasteiger partial charge in [0.1, 0.15) is 5.82 Å². The molecular weight excluding hydrogens is 346 g/mol. The molecule has 1 aromatic heterocycles. The molecule has 0 radical (unpaired) electrons. The Balaban J connectivity index is 1.72. The summed E-state index contributed by atoms with van der Waals surface area (Å²) in [6.07, 6.45) is 5.40. The monoisotopic (exact) mass is 373 g/mol. The zero-order chi connectivity index (χ0) is 18.8. The molecule has 0 saturated carbocycles. The van der Waals surface area contributed by atoms with Gasteiger partial charge >= 0.3 is 0 Å². The van der Waals surface area contributed by atoms with E-state index < -0.39 is 10.0 Å². The van der Waals surface area contributed by atoms with Crippen molar-refractivity contribution in [1.29, 1.82) is 0 Å². The molecule has 5 nitrogen and oxygen atoms in total. The van der Waals surface area contributed by atoms with Crippen LogP contribution >= 0.6 is 0 Å². The van der Waals surface area contributed by atoms with E-state index in [4.69, 9.17) is 0 Å². The maximum absolute atomic E-state index is 12.6. The number of aromatic nitrogens is 1. The molecule has 0 spiro atoms. The summed E-state index contributed by atoms with van der Waals surface area (Å²) in [6.45, 7) is 8.37. The molecule has 0 amide bonds. The van der Waals surface area contributed by atoms with Gasteiger partial charge in [-0.15, -0.1) is 0 Å². The van der Waals surface area contributed by atoms with Gasteiger partial charge in [-0.25, -0.2) is 13.4 Å². The number of hydrogen-bond acceptors (Lipinski definition) is 4. The van der Waals surface area contributed by atoms with Crippen LogP contribution in [0.15, 0.2) is 47.5 Å². The number of benzene rings is 1. The van der Waals surface area contributed by atoms with Crippen LogP contribution in [0.5, 0.6) is 0 Å². The molecule has 2 aromatic rings. The minimum Gasteiger partial charge on any atom is -0.370 e. The maximum Gasteiger partial charge on any atom is 0.263 e. The molecule has 1 saturated heterocycles. The van der Waals surface area contributed by atoms with Crippen molar-refractivity contribution in [2.45, 2.75) is 50.3 Å². The average molecular weight is 374 g/mol. The zero-order valence-corrected chi connectivity index (χ0v) is 16.5. The van der Waals surface area contributed by atoms with E-state index in [1.165, 1.54) is 19.3 Å². The molecular formula is C20H27N3O2S. The number of anilines is 2. The standard InChI is InChI=1S/C20H27N3O2S/c1-20(2,3)16-7-10-18(11-8-16)26(24,25)22-19-12-9-17(15-21-19)23-13-5-4-6-14-23/h7-12,15H,4-6,13-14H2,1-3H3,(H,21,22). The van der Waals surface area contributed by atoms with Crippen molar-refractivity contribution in [2.24, 2.45) is 0 Å². The van der Waals surface area contributed by atoms with Crippen molar-refractivity contribution in [3.63, 3.8) is 0 Å². The highest BCUT2D eigenvalue weighted by atomic mass is 32.2. The fourth-order valence-corrected chi connectivity index (χ4v) is 4.12. The van der Waals surface area contributed by atoms with Crippen molar-refractivity contribution >= 4 is 21.5 Å². The van der Waals surface area contributed by atoms with Gasteiger partial charge in [0, 0.05) is 13.1 Å². The molecule has 1 fully saturated rings. The van der Waals surface area contributed by atoms with E-state index in [0.29, 0.717) is 5.82 Å². The van der Waals surface area contributed by atoms with Gasteiger partial charge in [0.25, 0.3) is 10.0 Å². The molecule has 0 unspecified atom stereocenters. The first-order valence-electron chi connectivity index (χ1n) is 9.10. The minimum absolute atomic E-state index is 0.0123. The quantitative estimate of drug-likeness (QED) is 0.874. The second kappa shape index (κ2) is 7.27. The number of sulfonamides is 1. The Morgan fingerprint density at radius 3 is 2.15 bits per heavy atom. The molecule has 0 bridgehead atoms. The SMILES string of the molecule is CC(C)(C)c1ccc(S(=O)(=O)Nc2ccc(N3CCCCC3)cn2)cc1. The molecule has 1 aliphatic rings. The number of nitrogens with one attached hydrogen (secondary N) is 1. The van der Waals surface area contributed by atoms with Gasteiger partial charge in [-0.3, -0.25) is 4.72 Å². The Morgan fingerprint density at radius 1 is 0.962 bits per heavy atom. The second-order valence-electron chi connectivity index (χ2n) is 7.83. The lowest BCUT2D eigenvalue weighted by molar-refractivity contribution is 0.577. The van der Waals surface area contributed by atoms with Gasteiger partial charge in [0.05, 0.1) is 16.8 Å². The van der Waals surface area contributed by atoms with Gasteiger partial charge in [-0.05, 0) is 54.5 Å². The predicted octanol–water partition coefficient (Wildman–Crippen LogP) is 4.17. The highest BCUT2D eigenvalue weighted by molar-refractivity contribution is 7.92. The lowest BCUT2D eigenvalue weighted by Gasteiger charge is -2.28. The normalized spacial score (nSPS) is 15.7. The molecule has 3 rings (SSSR count). The van der Waals surface area contributed by atoms with Crippen LogP contribution in [0.4, 0.5) is 11.5 Å². The first kappa shape index (κ1) is 18.7. The van der Waals surface area contributed by atoms with Crippen molar-refractivity contribution < 1.29 is 8.42 Å². The summed E-state index contributed by atoms with van der Waals surface area (Å²) in [5, 5.41) is 0. The van der Waals surface area contributed by atoms with Crippen LogP contribution in [0.3, 0.4) is 0 Å². The first-order valence-corrected chi connectivity index (χ1v) is 10.6. The van der Waals surface area contributed by atoms with E-state index in [9.17, 15) is 8.42 Å². The number of rotatable bonds is 4. The molecule has 26 heavy (non-hydrogen) atoms. The first-order chi connectivity index (χ1) is 12.3. The summed E-state index contributed by atoms with van der Waals surface area (Å²) in [5.41, 5.74) is 2.13.